The topological polar surface area (TPSA) is 77.2 Å². The number of nitrogens with one attached hydrogen (secondary N) is 3. The second-order valence-electron chi connectivity index (χ2n) is 7.41. The number of rotatable bonds is 2. The number of likely N-dealkylation sites (N-methyl/N-ethyl adjacent to an activating group) is 1. The number of urea groups is 1. The van der Waals surface area contributed by atoms with E-state index in [0.29, 0.717) is 24.4 Å². The Balaban J connectivity index is 1.47. The van der Waals surface area contributed by atoms with E-state index in [9.17, 15) is 9.59 Å². The van der Waals surface area contributed by atoms with Crippen molar-refractivity contribution in [3.8, 4) is 0 Å². The first-order valence-corrected chi connectivity index (χ1v) is 9.85. The molecule has 6 nitrogen and oxygen atoms in total. The second-order valence-corrected chi connectivity index (χ2v) is 8.39. The van der Waals surface area contributed by atoms with Crippen molar-refractivity contribution in [1.29, 1.82) is 0 Å². The molecule has 1 aliphatic heterocycles. The third-order valence-electron chi connectivity index (χ3n) is 5.65. The number of hydrogen-bond acceptors (Lipinski definition) is 4. The van der Waals surface area contributed by atoms with Gasteiger partial charge in [0, 0.05) is 61.0 Å². The van der Waals surface area contributed by atoms with Crippen molar-refractivity contribution in [1.82, 2.24) is 19.9 Å². The quantitative estimate of drug-likeness (QED) is 0.708. The largest absolute Gasteiger partial charge is 0.361 e. The van der Waals surface area contributed by atoms with Crippen LogP contribution in [0.1, 0.15) is 30.4 Å². The maximum atomic E-state index is 11.8. The molecule has 0 saturated carbocycles. The highest BCUT2D eigenvalue weighted by Gasteiger charge is 2.39. The predicted octanol–water partition coefficient (Wildman–Crippen LogP) is 2.62. The van der Waals surface area contributed by atoms with Crippen molar-refractivity contribution in [2.45, 2.75) is 31.7 Å². The van der Waals surface area contributed by atoms with Gasteiger partial charge in [0.2, 0.25) is 5.12 Å². The molecule has 0 spiro atoms. The third-order valence-corrected chi connectivity index (χ3v) is 6.23. The summed E-state index contributed by atoms with van der Waals surface area (Å²) in [5.41, 5.74) is 4.07. The highest BCUT2D eigenvalue weighted by atomic mass is 32.2. The zero-order chi connectivity index (χ0) is 18.3. The Bertz CT molecular complexity index is 849. The lowest BCUT2D eigenvalue weighted by Gasteiger charge is -2.45. The molecule has 2 aliphatic rings. The molecular formula is C19H24N4O2S. The van der Waals surface area contributed by atoms with Crippen LogP contribution < -0.4 is 10.0 Å². The van der Waals surface area contributed by atoms with Crippen LogP contribution in [0.3, 0.4) is 0 Å². The number of carbonyl (C=O) groups is 2. The Kier molecular flexibility index (Phi) is 4.67. The number of nitrogens with zero attached hydrogens (tertiary/aromatic N) is 1. The van der Waals surface area contributed by atoms with Gasteiger partial charge >= 0.3 is 6.03 Å². The van der Waals surface area contributed by atoms with Gasteiger partial charge in [0.05, 0.1) is 0 Å². The van der Waals surface area contributed by atoms with Gasteiger partial charge in [-0.3, -0.25) is 9.52 Å². The number of aromatic amines is 1. The average molecular weight is 372 g/mol. The van der Waals surface area contributed by atoms with Crippen LogP contribution in [-0.4, -0.2) is 47.2 Å². The Morgan fingerprint density at radius 3 is 3.04 bits per heavy atom. The lowest BCUT2D eigenvalue weighted by Crippen LogP contribution is -2.50. The van der Waals surface area contributed by atoms with E-state index < -0.39 is 0 Å². The Morgan fingerprint density at radius 1 is 1.38 bits per heavy atom. The Morgan fingerprint density at radius 2 is 2.23 bits per heavy atom. The Hall–Kier alpha value is -1.99. The number of benzene rings is 1. The van der Waals surface area contributed by atoms with E-state index in [0.717, 1.165) is 31.3 Å². The lowest BCUT2D eigenvalue weighted by molar-refractivity contribution is -0.109. The fourth-order valence-electron chi connectivity index (χ4n) is 4.59. The number of amides is 2. The molecule has 4 rings (SSSR count). The fraction of sp³-hybridized carbons (Fsp3) is 0.474. The molecule has 2 amide bonds. The molecule has 1 saturated heterocycles. The summed E-state index contributed by atoms with van der Waals surface area (Å²) in [6.45, 7) is 3.02. The summed E-state index contributed by atoms with van der Waals surface area (Å²) in [7, 11) is 2.19. The molecule has 1 aliphatic carbocycles. The molecule has 7 heteroatoms. The number of fused-ring (bicyclic) bond motifs is 2. The van der Waals surface area contributed by atoms with Gasteiger partial charge in [-0.15, -0.1) is 0 Å². The summed E-state index contributed by atoms with van der Waals surface area (Å²) in [5, 5.41) is 4.17. The van der Waals surface area contributed by atoms with Gasteiger partial charge in [-0.1, -0.05) is 12.1 Å². The maximum Gasteiger partial charge on any atom is 0.325 e. The minimum Gasteiger partial charge on any atom is -0.361 e. The van der Waals surface area contributed by atoms with Crippen LogP contribution >= 0.6 is 11.9 Å². The molecule has 1 aromatic heterocycles. The summed E-state index contributed by atoms with van der Waals surface area (Å²) in [6, 6.07) is 6.76. The zero-order valence-corrected chi connectivity index (χ0v) is 15.9. The van der Waals surface area contributed by atoms with Crippen molar-refractivity contribution in [3.05, 3.63) is 35.5 Å². The van der Waals surface area contributed by atoms with Crippen molar-refractivity contribution in [2.24, 2.45) is 5.92 Å². The number of hydrogen-bond donors (Lipinski definition) is 3. The molecule has 138 valence electrons. The SMILES string of the molecule is CC(=O)SNC(=O)NCC1C[C@@H]2c3cccc4[nH]cc(c34)C[C@H]2N(C)C1. The number of aromatic nitrogens is 1. The van der Waals surface area contributed by atoms with Gasteiger partial charge in [0.15, 0.2) is 0 Å². The molecule has 0 bridgehead atoms. The summed E-state index contributed by atoms with van der Waals surface area (Å²) in [4.78, 5) is 28.6. The molecule has 2 aromatic rings. The van der Waals surface area contributed by atoms with E-state index in [2.05, 4.69) is 51.4 Å². The minimum atomic E-state index is -0.298. The first kappa shape index (κ1) is 17.4. The summed E-state index contributed by atoms with van der Waals surface area (Å²) >= 11 is 0.820. The highest BCUT2D eigenvalue weighted by Crippen LogP contribution is 2.44. The third kappa shape index (κ3) is 3.21. The summed E-state index contributed by atoms with van der Waals surface area (Å²) in [5.74, 6) is 0.882. The van der Waals surface area contributed by atoms with E-state index in [1.54, 1.807) is 0 Å². The van der Waals surface area contributed by atoms with E-state index in [-0.39, 0.29) is 11.1 Å². The van der Waals surface area contributed by atoms with Crippen LogP contribution in [0.4, 0.5) is 4.79 Å². The standard InChI is InChI=1S/C19H24N4O2S/c1-11(24)26-22-19(25)21-8-12-6-15-14-4-3-5-16-18(14)13(9-20-16)7-17(15)23(2)10-12/h3-5,9,12,15,17,20H,6-8,10H2,1-2H3,(H2,21,22,25)/t12?,15-,17-/m1/s1. The van der Waals surface area contributed by atoms with Crippen molar-refractivity contribution >= 4 is 34.0 Å². The van der Waals surface area contributed by atoms with Gasteiger partial charge in [0.1, 0.15) is 0 Å². The molecule has 1 aromatic carbocycles. The van der Waals surface area contributed by atoms with Crippen LogP contribution in [0.5, 0.6) is 0 Å². The zero-order valence-electron chi connectivity index (χ0n) is 15.0. The fourth-order valence-corrected chi connectivity index (χ4v) is 4.90. The Labute approximate surface area is 157 Å². The summed E-state index contributed by atoms with van der Waals surface area (Å²) in [6.07, 6.45) is 4.30. The van der Waals surface area contributed by atoms with Crippen molar-refractivity contribution < 1.29 is 9.59 Å². The van der Waals surface area contributed by atoms with E-state index in [1.807, 2.05) is 0 Å². The number of carbonyl (C=O) groups excluding carboxylic acids is 2. The molecule has 0 radical (unpaired) electrons. The number of likely N-dealkylation sites (tertiary alicyclic amines) is 1. The molecule has 3 N–H and O–H groups in total. The van der Waals surface area contributed by atoms with Crippen LogP contribution in [0, 0.1) is 5.92 Å². The van der Waals surface area contributed by atoms with Crippen LogP contribution in [0.15, 0.2) is 24.4 Å². The molecule has 3 atom stereocenters. The highest BCUT2D eigenvalue weighted by molar-refractivity contribution is 8.12. The van der Waals surface area contributed by atoms with Crippen LogP contribution in [0.25, 0.3) is 10.9 Å². The predicted molar refractivity (Wildman–Crippen MR) is 104 cm³/mol. The smallest absolute Gasteiger partial charge is 0.325 e. The monoisotopic (exact) mass is 372 g/mol. The summed E-state index contributed by atoms with van der Waals surface area (Å²) < 4.78 is 2.51. The normalized spacial score (nSPS) is 24.9. The first-order valence-electron chi connectivity index (χ1n) is 9.03. The molecule has 2 heterocycles. The molecular weight excluding hydrogens is 348 g/mol. The molecule has 1 fully saturated rings. The van der Waals surface area contributed by atoms with Crippen molar-refractivity contribution in [3.63, 3.8) is 0 Å². The van der Waals surface area contributed by atoms with Gasteiger partial charge in [-0.05, 0) is 43.0 Å². The van der Waals surface area contributed by atoms with Gasteiger partial charge in [-0.25, -0.2) is 4.79 Å². The lowest BCUT2D eigenvalue weighted by atomic mass is 9.72. The van der Waals surface area contributed by atoms with Crippen molar-refractivity contribution in [2.75, 3.05) is 20.1 Å². The van der Waals surface area contributed by atoms with E-state index in [4.69, 9.17) is 0 Å². The van der Waals surface area contributed by atoms with Gasteiger partial charge in [-0.2, -0.15) is 0 Å². The second kappa shape index (κ2) is 6.96. The molecule has 1 unspecified atom stereocenters. The van der Waals surface area contributed by atoms with E-state index >= 15 is 0 Å². The maximum absolute atomic E-state index is 11.8. The van der Waals surface area contributed by atoms with E-state index in [1.165, 1.54) is 29.0 Å². The average Bonchev–Trinajstić information content (AvgIpc) is 3.04. The van der Waals surface area contributed by atoms with Gasteiger partial charge < -0.3 is 15.2 Å². The van der Waals surface area contributed by atoms with Crippen LogP contribution in [0.2, 0.25) is 0 Å². The molecule has 26 heavy (non-hydrogen) atoms. The number of piperidine rings is 1. The minimum absolute atomic E-state index is 0.127. The first-order chi connectivity index (χ1) is 12.5. The number of H-pyrrole nitrogens is 1. The van der Waals surface area contributed by atoms with Gasteiger partial charge in [0.25, 0.3) is 0 Å². The van der Waals surface area contributed by atoms with Crippen LogP contribution in [-0.2, 0) is 11.2 Å².